The number of carbonyl (C=O) groups excluding carboxylic acids is 1. The number of pyridine rings is 1. The number of imidazole rings is 1. The van der Waals surface area contributed by atoms with Gasteiger partial charge in [-0.15, -0.1) is 11.3 Å². The molecular weight excluding hydrogens is 511 g/mol. The number of carbonyl (C=O) groups is 1. The van der Waals surface area contributed by atoms with Gasteiger partial charge in [0.25, 0.3) is 0 Å². The van der Waals surface area contributed by atoms with E-state index in [9.17, 15) is 4.79 Å². The average Bonchev–Trinajstić information content (AvgIpc) is 3.51. The molecule has 39 heavy (non-hydrogen) atoms. The number of benzene rings is 2. The van der Waals surface area contributed by atoms with Crippen molar-refractivity contribution in [3.63, 3.8) is 0 Å². The molecule has 0 aliphatic rings. The molecule has 5 rings (SSSR count). The number of aromatic nitrogens is 3. The molecule has 3 aromatic heterocycles. The van der Waals surface area contributed by atoms with Crippen molar-refractivity contribution in [2.24, 2.45) is 7.05 Å². The largest absolute Gasteiger partial charge is 0.453 e. The maximum absolute atomic E-state index is 15.0. The van der Waals surface area contributed by atoms with Gasteiger partial charge in [0.2, 0.25) is 0 Å². The number of ether oxygens (including phenoxy) is 1. The Bertz CT molecular complexity index is 1610. The van der Waals surface area contributed by atoms with Crippen LogP contribution < -0.4 is 10.1 Å². The van der Waals surface area contributed by atoms with Gasteiger partial charge in [0.15, 0.2) is 11.6 Å². The van der Waals surface area contributed by atoms with Gasteiger partial charge in [-0.2, -0.15) is 0 Å². The zero-order valence-corrected chi connectivity index (χ0v) is 23.1. The third-order valence-corrected chi connectivity index (χ3v) is 7.69. The van der Waals surface area contributed by atoms with Crippen LogP contribution in [0.2, 0.25) is 0 Å². The van der Waals surface area contributed by atoms with Crippen molar-refractivity contribution in [2.45, 2.75) is 39.7 Å². The fourth-order valence-corrected chi connectivity index (χ4v) is 5.51. The summed E-state index contributed by atoms with van der Waals surface area (Å²) >= 11 is 1.51. The maximum Gasteiger partial charge on any atom is 0.166 e. The third kappa shape index (κ3) is 6.24. The summed E-state index contributed by atoms with van der Waals surface area (Å²) in [6.07, 6.45) is 5.10. The number of hydrogen-bond donors (Lipinski definition) is 1. The van der Waals surface area contributed by atoms with Crippen molar-refractivity contribution in [3.05, 3.63) is 95.2 Å². The Balaban J connectivity index is 1.31. The van der Waals surface area contributed by atoms with Crippen LogP contribution in [0.5, 0.6) is 11.5 Å². The Labute approximate surface area is 231 Å². The minimum Gasteiger partial charge on any atom is -0.453 e. The summed E-state index contributed by atoms with van der Waals surface area (Å²) in [4.78, 5) is 22.6. The van der Waals surface area contributed by atoms with Crippen molar-refractivity contribution >= 4 is 27.3 Å². The molecule has 0 atom stereocenters. The van der Waals surface area contributed by atoms with Crippen molar-refractivity contribution < 1.29 is 13.9 Å². The highest BCUT2D eigenvalue weighted by Crippen LogP contribution is 2.39. The highest BCUT2D eigenvalue weighted by molar-refractivity contribution is 7.22. The van der Waals surface area contributed by atoms with Crippen LogP contribution in [-0.4, -0.2) is 26.9 Å². The SMILES string of the molecule is CCCNCc1cnc(-c2cc3nccc(Oc4ccc(CC(=O)Cc5ccc(C)cc5)cc4F)c3s2)n1C. The molecule has 0 radical (unpaired) electrons. The lowest BCUT2D eigenvalue weighted by molar-refractivity contribution is -0.117. The van der Waals surface area contributed by atoms with Gasteiger partial charge < -0.3 is 14.6 Å². The van der Waals surface area contributed by atoms with E-state index < -0.39 is 5.82 Å². The summed E-state index contributed by atoms with van der Waals surface area (Å²) < 4.78 is 23.9. The summed E-state index contributed by atoms with van der Waals surface area (Å²) in [5.41, 5.74) is 4.59. The second-order valence-corrected chi connectivity index (χ2v) is 10.7. The molecule has 2 aromatic carbocycles. The molecule has 0 unspecified atom stereocenters. The number of thiophene rings is 1. The highest BCUT2D eigenvalue weighted by Gasteiger charge is 2.17. The molecular formula is C31H31FN4O2S. The van der Waals surface area contributed by atoms with E-state index in [1.54, 1.807) is 24.4 Å². The minimum atomic E-state index is -0.509. The van der Waals surface area contributed by atoms with Crippen LogP contribution in [0.1, 0.15) is 35.7 Å². The summed E-state index contributed by atoms with van der Waals surface area (Å²) in [6, 6.07) is 16.3. The van der Waals surface area contributed by atoms with Gasteiger partial charge in [-0.25, -0.2) is 9.37 Å². The zero-order valence-electron chi connectivity index (χ0n) is 22.3. The number of fused-ring (bicyclic) bond motifs is 1. The Morgan fingerprint density at radius 1 is 1.03 bits per heavy atom. The van der Waals surface area contributed by atoms with Crippen LogP contribution in [0.3, 0.4) is 0 Å². The normalized spacial score (nSPS) is 11.3. The molecule has 3 heterocycles. The van der Waals surface area contributed by atoms with Crippen molar-refractivity contribution in [1.82, 2.24) is 19.9 Å². The highest BCUT2D eigenvalue weighted by atomic mass is 32.1. The molecule has 0 aliphatic carbocycles. The van der Waals surface area contributed by atoms with E-state index in [0.29, 0.717) is 17.7 Å². The summed E-state index contributed by atoms with van der Waals surface area (Å²) in [7, 11) is 2.00. The van der Waals surface area contributed by atoms with Crippen LogP contribution in [-0.2, 0) is 31.2 Å². The van der Waals surface area contributed by atoms with Gasteiger partial charge in [0.1, 0.15) is 17.4 Å². The Hall–Kier alpha value is -3.88. The van der Waals surface area contributed by atoms with E-state index in [4.69, 9.17) is 4.74 Å². The fourth-order valence-electron chi connectivity index (χ4n) is 4.42. The molecule has 1 N–H and O–H groups in total. The molecule has 0 amide bonds. The first-order chi connectivity index (χ1) is 18.9. The molecule has 0 spiro atoms. The predicted molar refractivity (Wildman–Crippen MR) is 154 cm³/mol. The van der Waals surface area contributed by atoms with Gasteiger partial charge in [-0.3, -0.25) is 9.78 Å². The van der Waals surface area contributed by atoms with E-state index in [0.717, 1.165) is 57.2 Å². The van der Waals surface area contributed by atoms with Gasteiger partial charge in [0.05, 0.1) is 27.0 Å². The predicted octanol–water partition coefficient (Wildman–Crippen LogP) is 6.79. The zero-order chi connectivity index (χ0) is 27.4. The van der Waals surface area contributed by atoms with Gasteiger partial charge in [-0.1, -0.05) is 42.8 Å². The summed E-state index contributed by atoms with van der Waals surface area (Å²) in [6.45, 7) is 5.85. The van der Waals surface area contributed by atoms with Crippen molar-refractivity contribution in [3.8, 4) is 22.2 Å². The van der Waals surface area contributed by atoms with Gasteiger partial charge in [0, 0.05) is 38.7 Å². The lowest BCUT2D eigenvalue weighted by Gasteiger charge is -2.09. The van der Waals surface area contributed by atoms with E-state index in [2.05, 4.69) is 26.8 Å². The summed E-state index contributed by atoms with van der Waals surface area (Å²) in [5.74, 6) is 1.01. The molecule has 0 saturated heterocycles. The molecule has 0 fully saturated rings. The molecule has 0 aliphatic heterocycles. The number of halogens is 1. The molecule has 0 saturated carbocycles. The lowest BCUT2D eigenvalue weighted by Crippen LogP contribution is -2.16. The molecule has 200 valence electrons. The van der Waals surface area contributed by atoms with Crippen LogP contribution in [0, 0.1) is 12.7 Å². The minimum absolute atomic E-state index is 0.0347. The maximum atomic E-state index is 15.0. The van der Waals surface area contributed by atoms with E-state index in [-0.39, 0.29) is 18.0 Å². The average molecular weight is 543 g/mol. The van der Waals surface area contributed by atoms with E-state index >= 15 is 4.39 Å². The molecule has 8 heteroatoms. The van der Waals surface area contributed by atoms with Crippen LogP contribution >= 0.6 is 11.3 Å². The molecule has 6 nitrogen and oxygen atoms in total. The number of nitrogens with zero attached hydrogens (tertiary/aromatic N) is 3. The monoisotopic (exact) mass is 542 g/mol. The quantitative estimate of drug-likeness (QED) is 0.186. The Kier molecular flexibility index (Phi) is 8.14. The second-order valence-electron chi connectivity index (χ2n) is 9.69. The molecule has 5 aromatic rings. The first-order valence-electron chi connectivity index (χ1n) is 13.0. The van der Waals surface area contributed by atoms with Crippen LogP contribution in [0.25, 0.3) is 20.9 Å². The first kappa shape index (κ1) is 26.7. The molecule has 0 bridgehead atoms. The second kappa shape index (κ2) is 11.9. The van der Waals surface area contributed by atoms with Gasteiger partial charge >= 0.3 is 0 Å². The Morgan fingerprint density at radius 2 is 1.79 bits per heavy atom. The number of rotatable bonds is 11. The van der Waals surface area contributed by atoms with E-state index in [1.165, 1.54) is 17.4 Å². The van der Waals surface area contributed by atoms with Crippen LogP contribution in [0.15, 0.2) is 67.0 Å². The number of hydrogen-bond acceptors (Lipinski definition) is 6. The number of Topliss-reactive ketones (excluding diaryl/α,β-unsaturated/α-hetero) is 1. The smallest absolute Gasteiger partial charge is 0.166 e. The lowest BCUT2D eigenvalue weighted by atomic mass is 10.0. The fraction of sp³-hybridized carbons (Fsp3) is 0.258. The number of ketones is 1. The first-order valence-corrected chi connectivity index (χ1v) is 13.9. The number of aryl methyl sites for hydroxylation is 1. The topological polar surface area (TPSA) is 69.0 Å². The van der Waals surface area contributed by atoms with Crippen molar-refractivity contribution in [2.75, 3.05) is 6.54 Å². The standard InChI is InChI=1S/C31H31FN4O2S/c1-4-12-33-18-23-19-35-31(36(23)3)29-17-26-30(39-29)28(11-13-34-26)38-27-10-9-22(16-25(27)32)15-24(37)14-21-7-5-20(2)6-8-21/h5-11,13,16-17,19,33H,4,12,14-15,18H2,1-3H3. The summed E-state index contributed by atoms with van der Waals surface area (Å²) in [5, 5.41) is 3.41. The van der Waals surface area contributed by atoms with Crippen LogP contribution in [0.4, 0.5) is 4.39 Å². The van der Waals surface area contributed by atoms with E-state index in [1.807, 2.05) is 50.5 Å². The number of nitrogens with one attached hydrogen (secondary N) is 1. The Morgan fingerprint density at radius 3 is 2.56 bits per heavy atom. The third-order valence-electron chi connectivity index (χ3n) is 6.55. The van der Waals surface area contributed by atoms with Gasteiger partial charge in [-0.05, 0) is 49.2 Å². The van der Waals surface area contributed by atoms with Crippen molar-refractivity contribution in [1.29, 1.82) is 0 Å².